The van der Waals surface area contributed by atoms with Crippen LogP contribution in [-0.4, -0.2) is 27.3 Å². The summed E-state index contributed by atoms with van der Waals surface area (Å²) in [5.74, 6) is 1.23. The second kappa shape index (κ2) is 6.72. The molecule has 0 spiro atoms. The van der Waals surface area contributed by atoms with E-state index < -0.39 is 0 Å². The van der Waals surface area contributed by atoms with Crippen LogP contribution in [0.25, 0.3) is 0 Å². The molecule has 0 fully saturated rings. The van der Waals surface area contributed by atoms with E-state index in [2.05, 4.69) is 46.6 Å². The first-order valence-corrected chi connectivity index (χ1v) is 7.26. The summed E-state index contributed by atoms with van der Waals surface area (Å²) in [6.07, 6.45) is 2.47. The quantitative estimate of drug-likeness (QED) is 0.886. The minimum absolute atomic E-state index is 0.0614. The molecule has 0 amide bonds. The van der Waals surface area contributed by atoms with Gasteiger partial charge < -0.3 is 10.6 Å². The Kier molecular flexibility index (Phi) is 4.96. The van der Waals surface area contributed by atoms with Crippen molar-refractivity contribution in [2.45, 2.75) is 32.7 Å². The summed E-state index contributed by atoms with van der Waals surface area (Å²) >= 11 is 5.96. The Hall–Kier alpha value is -1.88. The smallest absolute Gasteiger partial charge is 0.244 e. The lowest BCUT2D eigenvalue weighted by Crippen LogP contribution is -2.27. The fourth-order valence-corrected chi connectivity index (χ4v) is 2.05. The van der Waals surface area contributed by atoms with Gasteiger partial charge in [-0.05, 0) is 44.9 Å². The lowest BCUT2D eigenvalue weighted by Gasteiger charge is -2.20. The van der Waals surface area contributed by atoms with Crippen molar-refractivity contribution in [1.82, 2.24) is 15.2 Å². The topological polar surface area (TPSA) is 62.7 Å². The van der Waals surface area contributed by atoms with Gasteiger partial charge in [-0.2, -0.15) is 10.1 Å². The number of nitrogens with one attached hydrogen (secondary N) is 2. The molecule has 1 aromatic carbocycles. The first-order chi connectivity index (χ1) is 9.92. The highest BCUT2D eigenvalue weighted by atomic mass is 35.5. The number of anilines is 2. The normalized spacial score (nSPS) is 11.2. The lowest BCUT2D eigenvalue weighted by molar-refractivity contribution is 0.629. The van der Waals surface area contributed by atoms with E-state index in [1.807, 2.05) is 24.3 Å². The maximum Gasteiger partial charge on any atom is 0.244 e. The van der Waals surface area contributed by atoms with Gasteiger partial charge in [-0.1, -0.05) is 23.7 Å². The summed E-state index contributed by atoms with van der Waals surface area (Å²) in [6.45, 7) is 6.94. The van der Waals surface area contributed by atoms with Gasteiger partial charge in [0.15, 0.2) is 5.82 Å². The summed E-state index contributed by atoms with van der Waals surface area (Å²) < 4.78 is 0. The van der Waals surface area contributed by atoms with Crippen LogP contribution < -0.4 is 10.6 Å². The lowest BCUT2D eigenvalue weighted by atomic mass is 10.1. The highest BCUT2D eigenvalue weighted by Crippen LogP contribution is 2.13. The summed E-state index contributed by atoms with van der Waals surface area (Å²) in [5, 5.41) is 15.1. The van der Waals surface area contributed by atoms with Crippen LogP contribution in [0, 0.1) is 0 Å². The van der Waals surface area contributed by atoms with Crippen LogP contribution >= 0.6 is 11.6 Å². The van der Waals surface area contributed by atoms with Crippen LogP contribution in [0.5, 0.6) is 0 Å². The van der Waals surface area contributed by atoms with E-state index in [-0.39, 0.29) is 5.54 Å². The molecule has 5 nitrogen and oxygen atoms in total. The molecule has 0 unspecified atom stereocenters. The molecule has 6 heteroatoms. The van der Waals surface area contributed by atoms with Crippen LogP contribution in [0.15, 0.2) is 30.5 Å². The standard InChI is InChI=1S/C15H20ClN5/c1-15(2,3)20-13-10-18-21-14(19-13)17-8-7-11-5-4-6-12(16)9-11/h4-6,9-10H,7-8H2,1-3H3,(H2,17,19,20,21). The van der Waals surface area contributed by atoms with Gasteiger partial charge in [0.05, 0.1) is 6.20 Å². The fraction of sp³-hybridized carbons (Fsp3) is 0.400. The highest BCUT2D eigenvalue weighted by Gasteiger charge is 2.11. The van der Waals surface area contributed by atoms with Crippen molar-refractivity contribution >= 4 is 23.4 Å². The number of rotatable bonds is 5. The van der Waals surface area contributed by atoms with Gasteiger partial charge in [0, 0.05) is 17.1 Å². The molecule has 0 aliphatic rings. The summed E-state index contributed by atoms with van der Waals surface area (Å²) in [7, 11) is 0. The summed E-state index contributed by atoms with van der Waals surface area (Å²) in [6, 6.07) is 7.82. The number of halogens is 1. The molecule has 1 heterocycles. The molecule has 2 N–H and O–H groups in total. The van der Waals surface area contributed by atoms with Gasteiger partial charge in [-0.15, -0.1) is 5.10 Å². The third-order valence-corrected chi connectivity index (χ3v) is 2.88. The van der Waals surface area contributed by atoms with Crippen LogP contribution in [0.3, 0.4) is 0 Å². The number of nitrogens with zero attached hydrogens (tertiary/aromatic N) is 3. The average molecular weight is 306 g/mol. The van der Waals surface area contributed by atoms with Gasteiger partial charge in [0.2, 0.25) is 5.95 Å². The summed E-state index contributed by atoms with van der Waals surface area (Å²) in [5.41, 5.74) is 1.11. The molecule has 0 atom stereocenters. The minimum Gasteiger partial charge on any atom is -0.364 e. The molecule has 0 bridgehead atoms. The molecule has 21 heavy (non-hydrogen) atoms. The van der Waals surface area contributed by atoms with Gasteiger partial charge in [0.1, 0.15) is 0 Å². The van der Waals surface area contributed by atoms with Crippen molar-refractivity contribution in [2.24, 2.45) is 0 Å². The molecule has 1 aromatic heterocycles. The molecule has 0 saturated heterocycles. The van der Waals surface area contributed by atoms with Crippen molar-refractivity contribution in [3.8, 4) is 0 Å². The van der Waals surface area contributed by atoms with Crippen molar-refractivity contribution in [3.63, 3.8) is 0 Å². The van der Waals surface area contributed by atoms with E-state index in [1.165, 1.54) is 5.56 Å². The van der Waals surface area contributed by atoms with E-state index in [0.717, 1.165) is 18.0 Å². The largest absolute Gasteiger partial charge is 0.364 e. The van der Waals surface area contributed by atoms with E-state index in [4.69, 9.17) is 11.6 Å². The molecule has 0 aliphatic carbocycles. The zero-order valence-electron chi connectivity index (χ0n) is 12.5. The highest BCUT2D eigenvalue weighted by molar-refractivity contribution is 6.30. The van der Waals surface area contributed by atoms with Gasteiger partial charge in [-0.3, -0.25) is 0 Å². The second-order valence-corrected chi connectivity index (χ2v) is 6.28. The zero-order chi connectivity index (χ0) is 15.3. The Morgan fingerprint density at radius 3 is 2.76 bits per heavy atom. The summed E-state index contributed by atoms with van der Waals surface area (Å²) in [4.78, 5) is 4.38. The zero-order valence-corrected chi connectivity index (χ0v) is 13.3. The number of aromatic nitrogens is 3. The van der Waals surface area contributed by atoms with Gasteiger partial charge >= 0.3 is 0 Å². The van der Waals surface area contributed by atoms with Crippen molar-refractivity contribution in [3.05, 3.63) is 41.0 Å². The van der Waals surface area contributed by atoms with Crippen molar-refractivity contribution in [1.29, 1.82) is 0 Å². The predicted molar refractivity (Wildman–Crippen MR) is 86.8 cm³/mol. The molecular formula is C15H20ClN5. The number of benzene rings is 1. The van der Waals surface area contributed by atoms with Crippen molar-refractivity contribution < 1.29 is 0 Å². The third-order valence-electron chi connectivity index (χ3n) is 2.65. The molecule has 0 aliphatic heterocycles. The third kappa shape index (κ3) is 5.55. The molecule has 0 saturated carbocycles. The fourth-order valence-electron chi connectivity index (χ4n) is 1.83. The predicted octanol–water partition coefficient (Wildman–Crippen LogP) is 3.39. The Labute approximate surface area is 130 Å². The molecule has 112 valence electrons. The maximum atomic E-state index is 5.96. The number of hydrogen-bond donors (Lipinski definition) is 2. The average Bonchev–Trinajstić information content (AvgIpc) is 2.37. The maximum absolute atomic E-state index is 5.96. The van der Waals surface area contributed by atoms with Crippen molar-refractivity contribution in [2.75, 3.05) is 17.2 Å². The molecule has 2 aromatic rings. The monoisotopic (exact) mass is 305 g/mol. The van der Waals surface area contributed by atoms with E-state index in [0.29, 0.717) is 11.8 Å². The first-order valence-electron chi connectivity index (χ1n) is 6.89. The van der Waals surface area contributed by atoms with E-state index in [1.54, 1.807) is 6.20 Å². The molecular weight excluding hydrogens is 286 g/mol. The van der Waals surface area contributed by atoms with Gasteiger partial charge in [-0.25, -0.2) is 0 Å². The van der Waals surface area contributed by atoms with Crippen LogP contribution in [0.4, 0.5) is 11.8 Å². The molecule has 2 rings (SSSR count). The first kappa shape index (κ1) is 15.5. The second-order valence-electron chi connectivity index (χ2n) is 5.85. The number of hydrogen-bond acceptors (Lipinski definition) is 5. The molecule has 0 radical (unpaired) electrons. The van der Waals surface area contributed by atoms with Crippen LogP contribution in [0.2, 0.25) is 5.02 Å². The van der Waals surface area contributed by atoms with Crippen LogP contribution in [0.1, 0.15) is 26.3 Å². The SMILES string of the molecule is CC(C)(C)Nc1cnnc(NCCc2cccc(Cl)c2)n1. The van der Waals surface area contributed by atoms with E-state index in [9.17, 15) is 0 Å². The van der Waals surface area contributed by atoms with Crippen LogP contribution in [-0.2, 0) is 6.42 Å². The van der Waals surface area contributed by atoms with E-state index >= 15 is 0 Å². The van der Waals surface area contributed by atoms with Gasteiger partial charge in [0.25, 0.3) is 0 Å². The Morgan fingerprint density at radius 2 is 2.05 bits per heavy atom. The Balaban J connectivity index is 1.90. The Morgan fingerprint density at radius 1 is 1.24 bits per heavy atom. The minimum atomic E-state index is -0.0614. The Bertz CT molecular complexity index is 595.